The lowest BCUT2D eigenvalue weighted by Gasteiger charge is -2.26. The minimum absolute atomic E-state index is 0.168. The number of fused-ring (bicyclic) bond motifs is 1. The summed E-state index contributed by atoms with van der Waals surface area (Å²) in [7, 11) is 0. The number of Topliss-reactive ketones (excluding diaryl/α,β-unsaturated/α-hetero) is 1. The molecule has 2 heterocycles. The van der Waals surface area contributed by atoms with Gasteiger partial charge in [0.2, 0.25) is 0 Å². The predicted molar refractivity (Wildman–Crippen MR) is 121 cm³/mol. The van der Waals surface area contributed by atoms with Gasteiger partial charge in [0.15, 0.2) is 0 Å². The zero-order valence-electron chi connectivity index (χ0n) is 17.5. The van der Waals surface area contributed by atoms with Gasteiger partial charge >= 0.3 is 0 Å². The van der Waals surface area contributed by atoms with E-state index in [1.54, 1.807) is 36.5 Å². The molecule has 1 saturated heterocycles. The Balaban J connectivity index is 1.78. The van der Waals surface area contributed by atoms with Gasteiger partial charge in [-0.15, -0.1) is 0 Å². The van der Waals surface area contributed by atoms with Crippen molar-refractivity contribution in [2.45, 2.75) is 13.0 Å². The number of aliphatic hydroxyl groups excluding tert-OH is 1. The van der Waals surface area contributed by atoms with Gasteiger partial charge in [0.1, 0.15) is 17.4 Å². The molecule has 2 N–H and O–H groups in total. The molecule has 0 aliphatic carbocycles. The summed E-state index contributed by atoms with van der Waals surface area (Å²) in [5.41, 5.74) is 2.04. The Kier molecular flexibility index (Phi) is 4.82. The van der Waals surface area contributed by atoms with E-state index >= 15 is 0 Å². The highest BCUT2D eigenvalue weighted by Crippen LogP contribution is 2.43. The Morgan fingerprint density at radius 1 is 1.00 bits per heavy atom. The molecule has 5 rings (SSSR count). The predicted octanol–water partition coefficient (Wildman–Crippen LogP) is 5.38. The fourth-order valence-electron chi connectivity index (χ4n) is 4.33. The molecule has 0 radical (unpaired) electrons. The van der Waals surface area contributed by atoms with Crippen LogP contribution in [-0.2, 0) is 9.59 Å². The van der Waals surface area contributed by atoms with Gasteiger partial charge in [-0.25, -0.2) is 8.78 Å². The first-order valence-electron chi connectivity index (χ1n) is 10.3. The SMILES string of the molecule is Cc1cccc(C2/C(=C(/O)c3c[nH]c4ccccc34)C(=O)C(=O)N2c2ccc(F)cc2F)c1. The van der Waals surface area contributed by atoms with Gasteiger partial charge in [0, 0.05) is 28.7 Å². The topological polar surface area (TPSA) is 73.4 Å². The number of carbonyl (C=O) groups excluding carboxylic acids is 2. The first-order chi connectivity index (χ1) is 15.9. The van der Waals surface area contributed by atoms with E-state index in [1.165, 1.54) is 0 Å². The number of benzene rings is 3. The maximum Gasteiger partial charge on any atom is 0.300 e. The summed E-state index contributed by atoms with van der Waals surface area (Å²) in [5, 5.41) is 11.9. The number of H-pyrrole nitrogens is 1. The van der Waals surface area contributed by atoms with Gasteiger partial charge < -0.3 is 10.1 Å². The van der Waals surface area contributed by atoms with Crippen LogP contribution in [0.25, 0.3) is 16.7 Å². The minimum atomic E-state index is -1.10. The van der Waals surface area contributed by atoms with Crippen molar-refractivity contribution in [1.29, 1.82) is 0 Å². The zero-order chi connectivity index (χ0) is 23.3. The fourth-order valence-corrected chi connectivity index (χ4v) is 4.33. The van der Waals surface area contributed by atoms with Gasteiger partial charge in [-0.1, -0.05) is 48.0 Å². The highest BCUT2D eigenvalue weighted by Gasteiger charge is 2.48. The fraction of sp³-hybridized carbons (Fsp3) is 0.0769. The van der Waals surface area contributed by atoms with E-state index < -0.39 is 29.4 Å². The molecule has 0 saturated carbocycles. The number of aromatic amines is 1. The lowest BCUT2D eigenvalue weighted by molar-refractivity contribution is -0.132. The number of amides is 1. The van der Waals surface area contributed by atoms with Crippen LogP contribution in [0.1, 0.15) is 22.7 Å². The number of nitrogens with zero attached hydrogens (tertiary/aromatic N) is 1. The molecule has 33 heavy (non-hydrogen) atoms. The summed E-state index contributed by atoms with van der Waals surface area (Å²) in [6.45, 7) is 1.84. The molecule has 7 heteroatoms. The average molecular weight is 444 g/mol. The number of aryl methyl sites for hydroxylation is 1. The lowest BCUT2D eigenvalue weighted by Crippen LogP contribution is -2.30. The molecule has 1 amide bonds. The summed E-state index contributed by atoms with van der Waals surface area (Å²) >= 11 is 0. The second-order valence-corrected chi connectivity index (χ2v) is 7.93. The number of hydrogen-bond acceptors (Lipinski definition) is 3. The van der Waals surface area contributed by atoms with Crippen molar-refractivity contribution in [3.8, 4) is 0 Å². The van der Waals surface area contributed by atoms with Crippen molar-refractivity contribution in [1.82, 2.24) is 4.98 Å². The number of anilines is 1. The van der Waals surface area contributed by atoms with E-state index in [2.05, 4.69) is 4.98 Å². The third-order valence-electron chi connectivity index (χ3n) is 5.82. The van der Waals surface area contributed by atoms with E-state index in [-0.39, 0.29) is 17.0 Å². The lowest BCUT2D eigenvalue weighted by atomic mass is 9.94. The van der Waals surface area contributed by atoms with Crippen LogP contribution in [0.2, 0.25) is 0 Å². The maximum absolute atomic E-state index is 14.8. The number of ketones is 1. The molecule has 1 aliphatic heterocycles. The van der Waals surface area contributed by atoms with E-state index in [1.807, 2.05) is 25.1 Å². The van der Waals surface area contributed by atoms with Crippen LogP contribution in [0.4, 0.5) is 14.5 Å². The highest BCUT2D eigenvalue weighted by molar-refractivity contribution is 6.51. The summed E-state index contributed by atoms with van der Waals surface area (Å²) in [6.07, 6.45) is 1.55. The average Bonchev–Trinajstić information content (AvgIpc) is 3.33. The van der Waals surface area contributed by atoms with Crippen molar-refractivity contribution in [2.24, 2.45) is 0 Å². The van der Waals surface area contributed by atoms with Crippen LogP contribution in [-0.4, -0.2) is 21.8 Å². The first-order valence-corrected chi connectivity index (χ1v) is 10.3. The standard InChI is InChI=1S/C26H18F2N2O3/c1-14-5-4-6-15(11-14)23-22(24(31)18-13-29-20-8-3-2-7-17(18)20)25(32)26(33)30(23)21-10-9-16(27)12-19(21)28/h2-13,23,29,31H,1H3/b24-22-. The number of aliphatic hydroxyl groups is 1. The van der Waals surface area contributed by atoms with Crippen molar-refractivity contribution >= 4 is 34.0 Å². The van der Waals surface area contributed by atoms with E-state index in [0.717, 1.165) is 28.1 Å². The zero-order valence-corrected chi connectivity index (χ0v) is 17.5. The second-order valence-electron chi connectivity index (χ2n) is 7.93. The number of hydrogen-bond donors (Lipinski definition) is 2. The maximum atomic E-state index is 14.8. The van der Waals surface area contributed by atoms with Gasteiger partial charge in [0.05, 0.1) is 17.3 Å². The molecule has 164 valence electrons. The molecule has 1 atom stereocenters. The summed E-state index contributed by atoms with van der Waals surface area (Å²) in [6, 6.07) is 15.9. The normalized spacial score (nSPS) is 17.8. The largest absolute Gasteiger partial charge is 0.507 e. The Morgan fingerprint density at radius 3 is 2.55 bits per heavy atom. The monoisotopic (exact) mass is 444 g/mol. The van der Waals surface area contributed by atoms with E-state index in [0.29, 0.717) is 22.6 Å². The smallest absolute Gasteiger partial charge is 0.300 e. The molecular formula is C26H18F2N2O3. The number of aromatic nitrogens is 1. The number of nitrogens with one attached hydrogen (secondary N) is 1. The summed E-state index contributed by atoms with van der Waals surface area (Å²) in [5.74, 6) is -4.12. The third-order valence-corrected chi connectivity index (χ3v) is 5.82. The van der Waals surface area contributed by atoms with Crippen LogP contribution in [0.15, 0.2) is 78.5 Å². The Hall–Kier alpha value is -4.26. The minimum Gasteiger partial charge on any atom is -0.507 e. The van der Waals surface area contributed by atoms with Gasteiger partial charge in [0.25, 0.3) is 11.7 Å². The molecule has 0 spiro atoms. The molecule has 1 aliphatic rings. The van der Waals surface area contributed by atoms with Crippen molar-refractivity contribution in [3.63, 3.8) is 0 Å². The van der Waals surface area contributed by atoms with Crippen LogP contribution >= 0.6 is 0 Å². The molecule has 5 nitrogen and oxygen atoms in total. The van der Waals surface area contributed by atoms with Crippen molar-refractivity contribution < 1.29 is 23.5 Å². The summed E-state index contributed by atoms with van der Waals surface area (Å²) in [4.78, 5) is 30.3. The first kappa shape index (κ1) is 20.6. The van der Waals surface area contributed by atoms with Crippen LogP contribution < -0.4 is 4.90 Å². The summed E-state index contributed by atoms with van der Waals surface area (Å²) < 4.78 is 28.3. The quantitative estimate of drug-likeness (QED) is 0.253. The van der Waals surface area contributed by atoms with Gasteiger partial charge in [-0.3, -0.25) is 14.5 Å². The van der Waals surface area contributed by atoms with Crippen LogP contribution in [0.3, 0.4) is 0 Å². The molecular weight excluding hydrogens is 426 g/mol. The third kappa shape index (κ3) is 3.29. The Bertz CT molecular complexity index is 1470. The van der Waals surface area contributed by atoms with E-state index in [4.69, 9.17) is 0 Å². The molecule has 1 aromatic heterocycles. The van der Waals surface area contributed by atoms with Gasteiger partial charge in [-0.05, 0) is 30.7 Å². The Labute approximate surface area is 187 Å². The van der Waals surface area contributed by atoms with Gasteiger partial charge in [-0.2, -0.15) is 0 Å². The van der Waals surface area contributed by atoms with Crippen LogP contribution in [0.5, 0.6) is 0 Å². The molecule has 0 bridgehead atoms. The molecule has 4 aromatic rings. The number of rotatable bonds is 3. The number of carbonyl (C=O) groups is 2. The highest BCUT2D eigenvalue weighted by atomic mass is 19.1. The molecule has 1 fully saturated rings. The number of para-hydroxylation sites is 1. The Morgan fingerprint density at radius 2 is 1.79 bits per heavy atom. The number of halogens is 2. The second kappa shape index (κ2) is 7.70. The molecule has 1 unspecified atom stereocenters. The van der Waals surface area contributed by atoms with Crippen molar-refractivity contribution in [3.05, 3.63) is 107 Å². The van der Waals surface area contributed by atoms with Crippen molar-refractivity contribution in [2.75, 3.05) is 4.90 Å². The molecule has 3 aromatic carbocycles. The van der Waals surface area contributed by atoms with Crippen LogP contribution in [0, 0.1) is 18.6 Å². The van der Waals surface area contributed by atoms with E-state index in [9.17, 15) is 23.5 Å².